The van der Waals surface area contributed by atoms with Crippen molar-refractivity contribution in [2.24, 2.45) is 0 Å². The van der Waals surface area contributed by atoms with Gasteiger partial charge in [-0.1, -0.05) is 37.3 Å². The highest BCUT2D eigenvalue weighted by Crippen LogP contribution is 2.30. The van der Waals surface area contributed by atoms with Gasteiger partial charge in [-0.3, -0.25) is 4.79 Å². The predicted octanol–water partition coefficient (Wildman–Crippen LogP) is 4.35. The third kappa shape index (κ3) is 1.93. The van der Waals surface area contributed by atoms with Gasteiger partial charge in [0, 0.05) is 5.92 Å². The monoisotopic (exact) mass is 252 g/mol. The first kappa shape index (κ1) is 12.0. The summed E-state index contributed by atoms with van der Waals surface area (Å²) in [5.41, 5.74) is 2.52. The summed E-state index contributed by atoms with van der Waals surface area (Å²) in [4.78, 5) is 12.5. The SMILES string of the molecule is C/C=C/c1ccc2c(=O)c3c(oc2c1)C(C)CC=C3. The summed E-state index contributed by atoms with van der Waals surface area (Å²) < 4.78 is 5.98. The minimum Gasteiger partial charge on any atom is -0.460 e. The van der Waals surface area contributed by atoms with Gasteiger partial charge in [0.2, 0.25) is 0 Å². The molecule has 1 aliphatic carbocycles. The first-order valence-corrected chi connectivity index (χ1v) is 6.60. The minimum absolute atomic E-state index is 0.0751. The highest BCUT2D eigenvalue weighted by Gasteiger charge is 2.19. The van der Waals surface area contributed by atoms with Crippen LogP contribution in [0.25, 0.3) is 23.1 Å². The summed E-state index contributed by atoms with van der Waals surface area (Å²) in [5.74, 6) is 1.08. The molecule has 2 aromatic rings. The number of allylic oxidation sites excluding steroid dienone is 2. The van der Waals surface area contributed by atoms with E-state index in [4.69, 9.17) is 4.42 Å². The zero-order valence-corrected chi connectivity index (χ0v) is 11.1. The van der Waals surface area contributed by atoms with Crippen LogP contribution in [0.5, 0.6) is 0 Å². The van der Waals surface area contributed by atoms with Gasteiger partial charge in [-0.25, -0.2) is 0 Å². The summed E-state index contributed by atoms with van der Waals surface area (Å²) in [6.07, 6.45) is 8.84. The van der Waals surface area contributed by atoms with Gasteiger partial charge < -0.3 is 4.42 Å². The van der Waals surface area contributed by atoms with E-state index in [-0.39, 0.29) is 11.3 Å². The molecule has 96 valence electrons. The van der Waals surface area contributed by atoms with Gasteiger partial charge in [0.25, 0.3) is 0 Å². The molecule has 0 N–H and O–H groups in total. The van der Waals surface area contributed by atoms with Crippen LogP contribution in [-0.4, -0.2) is 0 Å². The summed E-state index contributed by atoms with van der Waals surface area (Å²) in [5, 5.41) is 0.658. The van der Waals surface area contributed by atoms with E-state index >= 15 is 0 Å². The lowest BCUT2D eigenvalue weighted by Crippen LogP contribution is -2.13. The van der Waals surface area contributed by atoms with Crippen LogP contribution in [0.2, 0.25) is 0 Å². The average molecular weight is 252 g/mol. The van der Waals surface area contributed by atoms with Crippen LogP contribution in [0.4, 0.5) is 0 Å². The van der Waals surface area contributed by atoms with Gasteiger partial charge in [-0.05, 0) is 31.0 Å². The van der Waals surface area contributed by atoms with Gasteiger partial charge >= 0.3 is 0 Å². The van der Waals surface area contributed by atoms with Crippen molar-refractivity contribution in [1.29, 1.82) is 0 Å². The standard InChI is InChI=1S/C17H16O2/c1-3-5-12-8-9-13-15(10-12)19-17-11(2)6-4-7-14(17)16(13)18/h3-5,7-11H,6H2,1-2H3/b5-3+. The van der Waals surface area contributed by atoms with E-state index in [9.17, 15) is 4.79 Å². The lowest BCUT2D eigenvalue weighted by molar-refractivity contribution is 0.490. The van der Waals surface area contributed by atoms with Crippen LogP contribution in [-0.2, 0) is 0 Å². The highest BCUT2D eigenvalue weighted by atomic mass is 16.3. The minimum atomic E-state index is 0.0751. The Balaban J connectivity index is 2.34. The lowest BCUT2D eigenvalue weighted by Gasteiger charge is -2.16. The Morgan fingerprint density at radius 2 is 2.21 bits per heavy atom. The van der Waals surface area contributed by atoms with E-state index < -0.39 is 0 Å². The zero-order chi connectivity index (χ0) is 13.4. The molecule has 3 rings (SSSR count). The van der Waals surface area contributed by atoms with Gasteiger partial charge in [0.1, 0.15) is 11.3 Å². The molecule has 1 atom stereocenters. The largest absolute Gasteiger partial charge is 0.460 e. The Labute approximate surface area is 112 Å². The van der Waals surface area contributed by atoms with E-state index in [0.29, 0.717) is 16.5 Å². The van der Waals surface area contributed by atoms with Gasteiger partial charge in [-0.2, -0.15) is 0 Å². The zero-order valence-electron chi connectivity index (χ0n) is 11.1. The molecule has 0 fully saturated rings. The van der Waals surface area contributed by atoms with Gasteiger partial charge in [-0.15, -0.1) is 0 Å². The molecule has 1 aromatic carbocycles. The molecule has 2 nitrogen and oxygen atoms in total. The first-order chi connectivity index (χ1) is 9.20. The maximum absolute atomic E-state index is 12.5. The second-order valence-corrected chi connectivity index (χ2v) is 5.00. The maximum atomic E-state index is 12.5. The normalized spacial score (nSPS) is 18.1. The molecule has 19 heavy (non-hydrogen) atoms. The number of hydrogen-bond acceptors (Lipinski definition) is 2. The molecule has 0 bridgehead atoms. The summed E-state index contributed by atoms with van der Waals surface area (Å²) in [7, 11) is 0. The van der Waals surface area contributed by atoms with Crippen molar-refractivity contribution >= 4 is 23.1 Å². The molecule has 1 heterocycles. The van der Waals surface area contributed by atoms with Crippen LogP contribution in [0, 0.1) is 0 Å². The molecule has 0 amide bonds. The van der Waals surface area contributed by atoms with E-state index in [0.717, 1.165) is 17.7 Å². The van der Waals surface area contributed by atoms with Crippen molar-refractivity contribution in [1.82, 2.24) is 0 Å². The number of benzene rings is 1. The molecule has 2 heteroatoms. The fourth-order valence-corrected chi connectivity index (χ4v) is 2.56. The van der Waals surface area contributed by atoms with Crippen LogP contribution < -0.4 is 5.43 Å². The van der Waals surface area contributed by atoms with Gasteiger partial charge in [0.15, 0.2) is 5.43 Å². The van der Waals surface area contributed by atoms with Gasteiger partial charge in [0.05, 0.1) is 10.9 Å². The Kier molecular flexibility index (Phi) is 2.86. The van der Waals surface area contributed by atoms with Crippen molar-refractivity contribution in [3.8, 4) is 0 Å². The third-order valence-electron chi connectivity index (χ3n) is 3.56. The highest BCUT2D eigenvalue weighted by molar-refractivity contribution is 5.82. The molecule has 1 aliphatic rings. The smallest absolute Gasteiger partial charge is 0.200 e. The van der Waals surface area contributed by atoms with Crippen molar-refractivity contribution in [3.63, 3.8) is 0 Å². The van der Waals surface area contributed by atoms with E-state index in [2.05, 4.69) is 6.92 Å². The van der Waals surface area contributed by atoms with E-state index in [1.165, 1.54) is 0 Å². The predicted molar refractivity (Wildman–Crippen MR) is 79.3 cm³/mol. The van der Waals surface area contributed by atoms with Crippen LogP contribution >= 0.6 is 0 Å². The lowest BCUT2D eigenvalue weighted by atomic mass is 9.93. The molecule has 0 aliphatic heterocycles. The van der Waals surface area contributed by atoms with E-state index in [1.807, 2.05) is 49.4 Å². The molecular formula is C17H16O2. The fraction of sp³-hybridized carbons (Fsp3) is 0.235. The Morgan fingerprint density at radius 3 is 3.00 bits per heavy atom. The number of hydrogen-bond donors (Lipinski definition) is 0. The number of rotatable bonds is 1. The molecule has 0 saturated heterocycles. The van der Waals surface area contributed by atoms with Crippen molar-refractivity contribution in [3.05, 3.63) is 57.5 Å². The first-order valence-electron chi connectivity index (χ1n) is 6.60. The van der Waals surface area contributed by atoms with Crippen LogP contribution in [0.1, 0.15) is 43.1 Å². The molecular weight excluding hydrogens is 236 g/mol. The van der Waals surface area contributed by atoms with E-state index in [1.54, 1.807) is 0 Å². The average Bonchev–Trinajstić information content (AvgIpc) is 2.41. The number of fused-ring (bicyclic) bond motifs is 2. The second-order valence-electron chi connectivity index (χ2n) is 5.00. The molecule has 1 unspecified atom stereocenters. The molecule has 1 aromatic heterocycles. The summed E-state index contributed by atoms with van der Waals surface area (Å²) in [6.45, 7) is 4.06. The second kappa shape index (κ2) is 4.54. The topological polar surface area (TPSA) is 30.2 Å². The maximum Gasteiger partial charge on any atom is 0.200 e. The van der Waals surface area contributed by atoms with Crippen molar-refractivity contribution < 1.29 is 4.42 Å². The van der Waals surface area contributed by atoms with Crippen molar-refractivity contribution in [2.45, 2.75) is 26.2 Å². The Bertz CT molecular complexity index is 748. The molecule has 0 radical (unpaired) electrons. The van der Waals surface area contributed by atoms with Crippen LogP contribution in [0.3, 0.4) is 0 Å². The molecule has 0 spiro atoms. The van der Waals surface area contributed by atoms with Crippen molar-refractivity contribution in [2.75, 3.05) is 0 Å². The Morgan fingerprint density at radius 1 is 1.37 bits per heavy atom. The third-order valence-corrected chi connectivity index (χ3v) is 3.56. The Hall–Kier alpha value is -2.09. The quantitative estimate of drug-likeness (QED) is 0.755. The fourth-order valence-electron chi connectivity index (χ4n) is 2.56. The van der Waals surface area contributed by atoms with Crippen LogP contribution in [0.15, 0.2) is 39.6 Å². The molecule has 0 saturated carbocycles. The summed E-state index contributed by atoms with van der Waals surface area (Å²) >= 11 is 0. The summed E-state index contributed by atoms with van der Waals surface area (Å²) in [6, 6.07) is 5.73.